The second kappa shape index (κ2) is 5.24. The van der Waals surface area contributed by atoms with E-state index in [0.29, 0.717) is 0 Å². The zero-order valence-corrected chi connectivity index (χ0v) is 13.5. The Balaban J connectivity index is 2.46. The van der Waals surface area contributed by atoms with Crippen LogP contribution in [0.2, 0.25) is 0 Å². The predicted octanol–water partition coefficient (Wildman–Crippen LogP) is 4.19. The Morgan fingerprint density at radius 3 is 2.56 bits per heavy atom. The van der Waals surface area contributed by atoms with Gasteiger partial charge in [-0.05, 0) is 64.5 Å². The number of nitrogens with zero attached hydrogens (tertiary/aromatic N) is 2. The predicted molar refractivity (Wildman–Crippen MR) is 77.6 cm³/mol. The quantitative estimate of drug-likeness (QED) is 0.520. The molecule has 0 saturated carbocycles. The second-order valence-corrected chi connectivity index (χ2v) is 5.90. The number of rotatable bonds is 2. The lowest BCUT2D eigenvalue weighted by molar-refractivity contribution is 0.525. The molecule has 0 aliphatic carbocycles. The zero-order valence-electron chi connectivity index (χ0n) is 9.77. The zero-order chi connectivity index (χ0) is 13.4. The summed E-state index contributed by atoms with van der Waals surface area (Å²) in [6.07, 6.45) is 0. The van der Waals surface area contributed by atoms with Crippen molar-refractivity contribution in [1.82, 2.24) is 9.78 Å². The average Bonchev–Trinajstić information content (AvgIpc) is 2.57. The van der Waals surface area contributed by atoms with E-state index in [2.05, 4.69) is 43.6 Å². The van der Waals surface area contributed by atoms with E-state index in [9.17, 15) is 8.78 Å². The molecular formula is C12H10BrF2IN2. The minimum absolute atomic E-state index is 0.0198. The molecular weight excluding hydrogens is 417 g/mol. The molecule has 0 N–H and O–H groups in total. The summed E-state index contributed by atoms with van der Waals surface area (Å²) < 4.78 is 30.4. The molecule has 0 atom stereocenters. The van der Waals surface area contributed by atoms with Crippen molar-refractivity contribution in [2.75, 3.05) is 0 Å². The van der Waals surface area contributed by atoms with Crippen molar-refractivity contribution >= 4 is 38.5 Å². The fraction of sp³-hybridized carbons (Fsp3) is 0.250. The molecule has 0 amide bonds. The smallest absolute Gasteiger partial charge is 0.145 e. The highest BCUT2D eigenvalue weighted by Crippen LogP contribution is 2.24. The summed E-state index contributed by atoms with van der Waals surface area (Å²) in [6, 6.07) is 2.61. The molecule has 0 spiro atoms. The van der Waals surface area contributed by atoms with Gasteiger partial charge in [0.15, 0.2) is 0 Å². The number of aryl methyl sites for hydroxylation is 1. The van der Waals surface area contributed by atoms with Gasteiger partial charge in [-0.1, -0.05) is 0 Å². The summed E-state index contributed by atoms with van der Waals surface area (Å²) >= 11 is 5.24. The van der Waals surface area contributed by atoms with Crippen LogP contribution in [0.1, 0.15) is 17.0 Å². The first kappa shape index (κ1) is 13.9. The highest BCUT2D eigenvalue weighted by molar-refractivity contribution is 14.1. The second-order valence-electron chi connectivity index (χ2n) is 3.96. The maximum absolute atomic E-state index is 13.9. The average molecular weight is 427 g/mol. The Hall–Kier alpha value is -0.500. The van der Waals surface area contributed by atoms with E-state index in [-0.39, 0.29) is 16.6 Å². The van der Waals surface area contributed by atoms with Crippen molar-refractivity contribution in [3.63, 3.8) is 0 Å². The van der Waals surface area contributed by atoms with Crippen molar-refractivity contribution in [1.29, 1.82) is 0 Å². The van der Waals surface area contributed by atoms with Crippen LogP contribution in [0.15, 0.2) is 16.6 Å². The van der Waals surface area contributed by atoms with Gasteiger partial charge < -0.3 is 0 Å². The molecule has 0 saturated heterocycles. The van der Waals surface area contributed by atoms with Gasteiger partial charge in [0, 0.05) is 11.3 Å². The maximum Gasteiger partial charge on any atom is 0.145 e. The summed E-state index contributed by atoms with van der Waals surface area (Å²) in [4.78, 5) is 0. The van der Waals surface area contributed by atoms with Crippen molar-refractivity contribution in [2.45, 2.75) is 20.4 Å². The van der Waals surface area contributed by atoms with Gasteiger partial charge in [0.2, 0.25) is 0 Å². The van der Waals surface area contributed by atoms with E-state index >= 15 is 0 Å². The lowest BCUT2D eigenvalue weighted by atomic mass is 10.2. The monoisotopic (exact) mass is 426 g/mol. The Morgan fingerprint density at radius 1 is 1.33 bits per heavy atom. The molecule has 0 fully saturated rings. The van der Waals surface area contributed by atoms with E-state index < -0.39 is 11.6 Å². The highest BCUT2D eigenvalue weighted by atomic mass is 127. The third-order valence-electron chi connectivity index (χ3n) is 2.74. The number of benzene rings is 1. The van der Waals surface area contributed by atoms with Crippen LogP contribution in [0.25, 0.3) is 0 Å². The Labute approximate surface area is 126 Å². The molecule has 0 aliphatic rings. The maximum atomic E-state index is 13.9. The van der Waals surface area contributed by atoms with Crippen LogP contribution in [0.3, 0.4) is 0 Å². The van der Waals surface area contributed by atoms with E-state index in [1.807, 2.05) is 13.8 Å². The topological polar surface area (TPSA) is 17.8 Å². The number of hydrogen-bond acceptors (Lipinski definition) is 1. The molecule has 0 unspecified atom stereocenters. The van der Waals surface area contributed by atoms with Crippen LogP contribution in [-0.4, -0.2) is 9.78 Å². The molecule has 96 valence electrons. The lowest BCUT2D eigenvalue weighted by Crippen LogP contribution is -2.08. The first-order valence-corrected chi connectivity index (χ1v) is 7.11. The largest absolute Gasteiger partial charge is 0.264 e. The Kier molecular flexibility index (Phi) is 4.05. The number of halogens is 4. The third-order valence-corrected chi connectivity index (χ3v) is 4.91. The summed E-state index contributed by atoms with van der Waals surface area (Å²) in [5.74, 6) is -1.13. The molecule has 0 bridgehead atoms. The molecule has 1 heterocycles. The molecule has 2 aromatic rings. The van der Waals surface area contributed by atoms with E-state index in [1.165, 1.54) is 12.1 Å². The Bertz CT molecular complexity index is 611. The van der Waals surface area contributed by atoms with Gasteiger partial charge >= 0.3 is 0 Å². The van der Waals surface area contributed by atoms with Crippen molar-refractivity contribution in [3.8, 4) is 0 Å². The minimum Gasteiger partial charge on any atom is -0.264 e. The first-order chi connectivity index (χ1) is 8.41. The first-order valence-electron chi connectivity index (χ1n) is 5.23. The SMILES string of the molecule is Cc1nn(Cc2c(F)ccc(Br)c2F)c(C)c1I. The van der Waals surface area contributed by atoms with E-state index in [1.54, 1.807) is 4.68 Å². The standard InChI is InChI=1S/C12H10BrF2IN2/c1-6-12(16)7(2)18(17-6)5-8-10(14)4-3-9(13)11(8)15/h3-4H,5H2,1-2H3. The van der Waals surface area contributed by atoms with E-state index in [4.69, 9.17) is 0 Å². The van der Waals surface area contributed by atoms with Gasteiger partial charge in [-0.3, -0.25) is 4.68 Å². The molecule has 6 heteroatoms. The molecule has 2 rings (SSSR count). The van der Waals surface area contributed by atoms with Gasteiger partial charge in [0.25, 0.3) is 0 Å². The normalized spacial score (nSPS) is 11.0. The molecule has 1 aromatic heterocycles. The number of aromatic nitrogens is 2. The number of hydrogen-bond donors (Lipinski definition) is 0. The van der Waals surface area contributed by atoms with Gasteiger partial charge in [0.05, 0.1) is 20.3 Å². The minimum atomic E-state index is -0.572. The van der Waals surface area contributed by atoms with Crippen LogP contribution in [0.4, 0.5) is 8.78 Å². The highest BCUT2D eigenvalue weighted by Gasteiger charge is 2.16. The Morgan fingerprint density at radius 2 is 2.00 bits per heavy atom. The van der Waals surface area contributed by atoms with Crippen LogP contribution in [0.5, 0.6) is 0 Å². The van der Waals surface area contributed by atoms with Crippen LogP contribution >= 0.6 is 38.5 Å². The van der Waals surface area contributed by atoms with Crippen LogP contribution in [-0.2, 0) is 6.54 Å². The summed E-state index contributed by atoms with van der Waals surface area (Å²) in [6.45, 7) is 3.85. The van der Waals surface area contributed by atoms with E-state index in [0.717, 1.165) is 15.0 Å². The van der Waals surface area contributed by atoms with Crippen molar-refractivity contribution < 1.29 is 8.78 Å². The van der Waals surface area contributed by atoms with Gasteiger partial charge in [0.1, 0.15) is 11.6 Å². The van der Waals surface area contributed by atoms with Gasteiger partial charge in [-0.25, -0.2) is 8.78 Å². The molecule has 2 nitrogen and oxygen atoms in total. The van der Waals surface area contributed by atoms with Crippen molar-refractivity contribution in [3.05, 3.63) is 48.8 Å². The summed E-state index contributed by atoms with van der Waals surface area (Å²) in [7, 11) is 0. The van der Waals surface area contributed by atoms with Crippen LogP contribution in [0, 0.1) is 29.1 Å². The molecule has 0 radical (unpaired) electrons. The van der Waals surface area contributed by atoms with Crippen LogP contribution < -0.4 is 0 Å². The fourth-order valence-corrected chi connectivity index (χ4v) is 2.45. The van der Waals surface area contributed by atoms with Crippen molar-refractivity contribution in [2.24, 2.45) is 0 Å². The lowest BCUT2D eigenvalue weighted by Gasteiger charge is -2.08. The fourth-order valence-electron chi connectivity index (χ4n) is 1.69. The molecule has 18 heavy (non-hydrogen) atoms. The third kappa shape index (κ3) is 2.45. The molecule has 0 aliphatic heterocycles. The summed E-state index contributed by atoms with van der Waals surface area (Å²) in [5, 5.41) is 4.28. The summed E-state index contributed by atoms with van der Waals surface area (Å²) in [5.41, 5.74) is 1.79. The van der Waals surface area contributed by atoms with Gasteiger partial charge in [-0.2, -0.15) is 5.10 Å². The molecule has 1 aromatic carbocycles. The van der Waals surface area contributed by atoms with Gasteiger partial charge in [-0.15, -0.1) is 0 Å².